The summed E-state index contributed by atoms with van der Waals surface area (Å²) in [5.41, 5.74) is 1.03. The fourth-order valence-corrected chi connectivity index (χ4v) is 4.76. The van der Waals surface area contributed by atoms with Crippen molar-refractivity contribution in [2.24, 2.45) is 0 Å². The van der Waals surface area contributed by atoms with Crippen LogP contribution in [0.5, 0.6) is 0 Å². The van der Waals surface area contributed by atoms with E-state index in [1.807, 2.05) is 19.1 Å². The van der Waals surface area contributed by atoms with Crippen LogP contribution in [-0.2, 0) is 14.8 Å². The van der Waals surface area contributed by atoms with Gasteiger partial charge in [0, 0.05) is 25.6 Å². The van der Waals surface area contributed by atoms with E-state index >= 15 is 0 Å². The number of aryl methyl sites for hydroxylation is 1. The number of sulfonamides is 1. The number of amides is 1. The Hall–Kier alpha value is -1.40. The van der Waals surface area contributed by atoms with Gasteiger partial charge in [-0.25, -0.2) is 8.42 Å². The number of hydrogen-bond donors (Lipinski definition) is 1. The van der Waals surface area contributed by atoms with Crippen molar-refractivity contribution in [3.05, 3.63) is 29.8 Å². The molecule has 1 aliphatic rings. The molecule has 0 bridgehead atoms. The van der Waals surface area contributed by atoms with Crippen molar-refractivity contribution in [2.45, 2.75) is 63.3 Å². The maximum atomic E-state index is 13.1. The molecular formula is C18H28N2O3S. The minimum Gasteiger partial charge on any atom is -0.356 e. The molecule has 1 N–H and O–H groups in total. The Bertz CT molecular complexity index is 641. The van der Waals surface area contributed by atoms with Crippen LogP contribution in [0.25, 0.3) is 0 Å². The van der Waals surface area contributed by atoms with Crippen molar-refractivity contribution in [2.75, 3.05) is 13.1 Å². The Morgan fingerprint density at radius 3 is 2.58 bits per heavy atom. The molecule has 1 heterocycles. The van der Waals surface area contributed by atoms with Crippen LogP contribution in [0, 0.1) is 6.92 Å². The van der Waals surface area contributed by atoms with Crippen molar-refractivity contribution in [3.63, 3.8) is 0 Å². The van der Waals surface area contributed by atoms with Crippen LogP contribution in [0.1, 0.15) is 51.0 Å². The van der Waals surface area contributed by atoms with E-state index in [0.29, 0.717) is 24.4 Å². The molecule has 1 atom stereocenters. The maximum Gasteiger partial charge on any atom is 0.243 e. The molecule has 1 aromatic carbocycles. The van der Waals surface area contributed by atoms with Gasteiger partial charge in [-0.05, 0) is 31.9 Å². The predicted octanol–water partition coefficient (Wildman–Crippen LogP) is 2.84. The van der Waals surface area contributed by atoms with Gasteiger partial charge in [-0.1, -0.05) is 43.9 Å². The minimum absolute atomic E-state index is 0.0553. The monoisotopic (exact) mass is 352 g/mol. The lowest BCUT2D eigenvalue weighted by Crippen LogP contribution is -2.46. The van der Waals surface area contributed by atoms with Crippen LogP contribution in [0.4, 0.5) is 0 Å². The minimum atomic E-state index is -3.57. The molecule has 0 saturated carbocycles. The summed E-state index contributed by atoms with van der Waals surface area (Å²) in [4.78, 5) is 12.3. The van der Waals surface area contributed by atoms with Crippen LogP contribution in [0.15, 0.2) is 29.2 Å². The normalized spacial score (nSPS) is 20.2. The van der Waals surface area contributed by atoms with E-state index in [0.717, 1.165) is 31.2 Å². The summed E-state index contributed by atoms with van der Waals surface area (Å²) in [7, 11) is -3.57. The molecular weight excluding hydrogens is 324 g/mol. The molecule has 0 spiro atoms. The maximum absolute atomic E-state index is 13.1. The molecule has 0 aromatic heterocycles. The van der Waals surface area contributed by atoms with Gasteiger partial charge in [-0.15, -0.1) is 0 Å². The number of nitrogens with zero attached hydrogens (tertiary/aromatic N) is 1. The van der Waals surface area contributed by atoms with Crippen molar-refractivity contribution in [1.82, 2.24) is 9.62 Å². The third-order valence-electron chi connectivity index (χ3n) is 4.47. The van der Waals surface area contributed by atoms with Crippen LogP contribution >= 0.6 is 0 Å². The number of nitrogens with one attached hydrogen (secondary N) is 1. The number of unbranched alkanes of at least 4 members (excludes halogenated alkanes) is 2. The molecule has 1 saturated heterocycles. The molecule has 24 heavy (non-hydrogen) atoms. The molecule has 5 nitrogen and oxygen atoms in total. The zero-order valence-electron chi connectivity index (χ0n) is 14.6. The highest BCUT2D eigenvalue weighted by molar-refractivity contribution is 7.89. The molecule has 1 aromatic rings. The Morgan fingerprint density at radius 1 is 1.21 bits per heavy atom. The SMILES string of the molecule is CCCCC[C@@H]1CC(=O)NCCCN1S(=O)(=O)c1ccc(C)cc1. The number of benzene rings is 1. The summed E-state index contributed by atoms with van der Waals surface area (Å²) >= 11 is 0. The van der Waals surface area contributed by atoms with Crippen molar-refractivity contribution in [1.29, 1.82) is 0 Å². The molecule has 2 rings (SSSR count). The zero-order chi connectivity index (χ0) is 17.6. The summed E-state index contributed by atoms with van der Waals surface area (Å²) in [6.07, 6.45) is 4.68. The first-order valence-electron chi connectivity index (χ1n) is 8.80. The number of carbonyl (C=O) groups excluding carboxylic acids is 1. The summed E-state index contributed by atoms with van der Waals surface area (Å²) in [5.74, 6) is -0.0553. The van der Waals surface area contributed by atoms with E-state index in [2.05, 4.69) is 12.2 Å². The fourth-order valence-electron chi connectivity index (χ4n) is 3.07. The van der Waals surface area contributed by atoms with Gasteiger partial charge in [0.05, 0.1) is 4.90 Å². The Balaban J connectivity index is 2.28. The van der Waals surface area contributed by atoms with Crippen LogP contribution in [-0.4, -0.2) is 37.8 Å². The van der Waals surface area contributed by atoms with Gasteiger partial charge in [-0.3, -0.25) is 4.79 Å². The average molecular weight is 353 g/mol. The lowest BCUT2D eigenvalue weighted by Gasteiger charge is -2.32. The van der Waals surface area contributed by atoms with E-state index in [9.17, 15) is 13.2 Å². The molecule has 0 radical (unpaired) electrons. The highest BCUT2D eigenvalue weighted by Gasteiger charge is 2.33. The number of carbonyl (C=O) groups is 1. The molecule has 0 aliphatic carbocycles. The van der Waals surface area contributed by atoms with E-state index in [-0.39, 0.29) is 18.4 Å². The number of rotatable bonds is 6. The molecule has 1 aliphatic heterocycles. The largest absolute Gasteiger partial charge is 0.356 e. The van der Waals surface area contributed by atoms with Crippen LogP contribution < -0.4 is 5.32 Å². The van der Waals surface area contributed by atoms with Gasteiger partial charge >= 0.3 is 0 Å². The molecule has 134 valence electrons. The topological polar surface area (TPSA) is 66.5 Å². The number of hydrogen-bond acceptors (Lipinski definition) is 3. The second-order valence-corrected chi connectivity index (χ2v) is 8.38. The Kier molecular flexibility index (Phi) is 6.80. The second kappa shape index (κ2) is 8.62. The van der Waals surface area contributed by atoms with Gasteiger partial charge in [-0.2, -0.15) is 4.31 Å². The van der Waals surface area contributed by atoms with Crippen LogP contribution in [0.2, 0.25) is 0 Å². The van der Waals surface area contributed by atoms with Crippen LogP contribution in [0.3, 0.4) is 0 Å². The van der Waals surface area contributed by atoms with E-state index < -0.39 is 10.0 Å². The first-order chi connectivity index (χ1) is 11.4. The summed E-state index contributed by atoms with van der Waals surface area (Å²) < 4.78 is 27.8. The van der Waals surface area contributed by atoms with Gasteiger partial charge in [0.2, 0.25) is 15.9 Å². The molecule has 1 amide bonds. The van der Waals surface area contributed by atoms with Gasteiger partial charge in [0.1, 0.15) is 0 Å². The lowest BCUT2D eigenvalue weighted by atomic mass is 10.0. The van der Waals surface area contributed by atoms with E-state index in [1.165, 1.54) is 0 Å². The van der Waals surface area contributed by atoms with Crippen molar-refractivity contribution >= 4 is 15.9 Å². The summed E-state index contributed by atoms with van der Waals surface area (Å²) in [6, 6.07) is 6.69. The standard InChI is InChI=1S/C18H28N2O3S/c1-3-4-5-7-16-14-18(21)19-12-6-13-20(16)24(22,23)17-10-8-15(2)9-11-17/h8-11,16H,3-7,12-14H2,1-2H3,(H,19,21)/t16-/m1/s1. The third kappa shape index (κ3) is 4.80. The summed E-state index contributed by atoms with van der Waals surface area (Å²) in [6.45, 7) is 5.03. The van der Waals surface area contributed by atoms with Gasteiger partial charge in [0.25, 0.3) is 0 Å². The first-order valence-corrected chi connectivity index (χ1v) is 10.2. The Labute approximate surface area is 145 Å². The van der Waals surface area contributed by atoms with E-state index in [1.54, 1.807) is 16.4 Å². The Morgan fingerprint density at radius 2 is 1.92 bits per heavy atom. The van der Waals surface area contributed by atoms with E-state index in [4.69, 9.17) is 0 Å². The molecule has 1 fully saturated rings. The second-order valence-electron chi connectivity index (χ2n) is 6.49. The lowest BCUT2D eigenvalue weighted by molar-refractivity contribution is -0.122. The molecule has 6 heteroatoms. The zero-order valence-corrected chi connectivity index (χ0v) is 15.4. The molecule has 0 unspecified atom stereocenters. The first kappa shape index (κ1) is 18.9. The third-order valence-corrected chi connectivity index (χ3v) is 6.44. The highest BCUT2D eigenvalue weighted by atomic mass is 32.2. The van der Waals surface area contributed by atoms with Gasteiger partial charge < -0.3 is 5.32 Å². The summed E-state index contributed by atoms with van der Waals surface area (Å²) in [5, 5.41) is 2.86. The quantitative estimate of drug-likeness (QED) is 0.801. The van der Waals surface area contributed by atoms with Crippen molar-refractivity contribution < 1.29 is 13.2 Å². The average Bonchev–Trinajstić information content (AvgIpc) is 2.52. The predicted molar refractivity (Wildman–Crippen MR) is 95.2 cm³/mol. The fraction of sp³-hybridized carbons (Fsp3) is 0.611. The smallest absolute Gasteiger partial charge is 0.243 e. The van der Waals surface area contributed by atoms with Gasteiger partial charge in [0.15, 0.2) is 0 Å². The van der Waals surface area contributed by atoms with Crippen molar-refractivity contribution in [3.8, 4) is 0 Å². The highest BCUT2D eigenvalue weighted by Crippen LogP contribution is 2.24.